The van der Waals surface area contributed by atoms with E-state index < -0.39 is 0 Å². The number of ether oxygens (including phenoxy) is 1. The monoisotopic (exact) mass is 129 g/mol. The van der Waals surface area contributed by atoms with Crippen molar-refractivity contribution in [2.45, 2.75) is 25.4 Å². The van der Waals surface area contributed by atoms with Crippen LogP contribution in [0.3, 0.4) is 0 Å². The molecule has 1 atom stereocenters. The van der Waals surface area contributed by atoms with E-state index in [9.17, 15) is 0 Å². The highest BCUT2D eigenvalue weighted by molar-refractivity contribution is 4.64. The number of likely N-dealkylation sites (N-methyl/N-ethyl adjacent to an activating group) is 1. The summed E-state index contributed by atoms with van der Waals surface area (Å²) in [5.74, 6) is 0. The second-order valence-electron chi connectivity index (χ2n) is 2.55. The van der Waals surface area contributed by atoms with Crippen molar-refractivity contribution in [3.8, 4) is 0 Å². The smallest absolute Gasteiger partial charge is 0.0699 e. The molecule has 0 saturated carbocycles. The minimum absolute atomic E-state index is 0.490. The maximum absolute atomic E-state index is 5.46. The zero-order valence-electron chi connectivity index (χ0n) is 6.02. The van der Waals surface area contributed by atoms with Crippen LogP contribution in [0.4, 0.5) is 0 Å². The average Bonchev–Trinajstić information content (AvgIpc) is 1.91. The first kappa shape index (κ1) is 7.03. The Labute approximate surface area is 56.6 Å². The molecule has 1 N–H and O–H groups in total. The van der Waals surface area contributed by atoms with Crippen LogP contribution in [0.2, 0.25) is 0 Å². The zero-order chi connectivity index (χ0) is 6.53. The molecule has 2 heteroatoms. The summed E-state index contributed by atoms with van der Waals surface area (Å²) in [6.45, 7) is 1.98. The first-order valence-electron chi connectivity index (χ1n) is 3.69. The van der Waals surface area contributed by atoms with Crippen molar-refractivity contribution in [2.24, 2.45) is 0 Å². The Morgan fingerprint density at radius 1 is 1.56 bits per heavy atom. The van der Waals surface area contributed by atoms with Crippen molar-refractivity contribution in [1.29, 1.82) is 0 Å². The Balaban J connectivity index is 2.08. The normalized spacial score (nSPS) is 28.3. The van der Waals surface area contributed by atoms with Crippen molar-refractivity contribution in [3.63, 3.8) is 0 Å². The van der Waals surface area contributed by atoms with Gasteiger partial charge in [0.05, 0.1) is 6.10 Å². The SMILES string of the molecule is CNC[C@H]1CCCCO1. The lowest BCUT2D eigenvalue weighted by Gasteiger charge is -2.21. The molecular formula is C7H15NO. The summed E-state index contributed by atoms with van der Waals surface area (Å²) in [7, 11) is 1.97. The molecule has 0 radical (unpaired) electrons. The Hall–Kier alpha value is -0.0800. The van der Waals surface area contributed by atoms with Gasteiger partial charge in [-0.1, -0.05) is 0 Å². The van der Waals surface area contributed by atoms with Crippen LogP contribution in [-0.4, -0.2) is 26.3 Å². The van der Waals surface area contributed by atoms with Gasteiger partial charge in [0.15, 0.2) is 0 Å². The van der Waals surface area contributed by atoms with E-state index >= 15 is 0 Å². The van der Waals surface area contributed by atoms with Crippen LogP contribution in [0.15, 0.2) is 0 Å². The summed E-state index contributed by atoms with van der Waals surface area (Å²) in [4.78, 5) is 0. The van der Waals surface area contributed by atoms with Gasteiger partial charge in [0, 0.05) is 13.2 Å². The Morgan fingerprint density at radius 3 is 3.00 bits per heavy atom. The first-order valence-corrected chi connectivity index (χ1v) is 3.69. The highest BCUT2D eigenvalue weighted by atomic mass is 16.5. The lowest BCUT2D eigenvalue weighted by molar-refractivity contribution is 0.0181. The third-order valence-electron chi connectivity index (χ3n) is 1.71. The summed E-state index contributed by atoms with van der Waals surface area (Å²) >= 11 is 0. The van der Waals surface area contributed by atoms with Crippen LogP contribution in [-0.2, 0) is 4.74 Å². The standard InChI is InChI=1S/C7H15NO/c1-8-6-7-4-2-3-5-9-7/h7-8H,2-6H2,1H3/t7-/m1/s1. The lowest BCUT2D eigenvalue weighted by Crippen LogP contribution is -2.29. The van der Waals surface area contributed by atoms with Crippen molar-refractivity contribution in [2.75, 3.05) is 20.2 Å². The summed E-state index contributed by atoms with van der Waals surface area (Å²) in [5.41, 5.74) is 0. The molecule has 1 fully saturated rings. The van der Waals surface area contributed by atoms with E-state index in [4.69, 9.17) is 4.74 Å². The van der Waals surface area contributed by atoms with Gasteiger partial charge in [-0.2, -0.15) is 0 Å². The number of rotatable bonds is 2. The maximum Gasteiger partial charge on any atom is 0.0699 e. The fraction of sp³-hybridized carbons (Fsp3) is 1.00. The molecular weight excluding hydrogens is 114 g/mol. The van der Waals surface area contributed by atoms with E-state index in [0.717, 1.165) is 13.2 Å². The van der Waals surface area contributed by atoms with E-state index in [0.29, 0.717) is 6.10 Å². The zero-order valence-corrected chi connectivity index (χ0v) is 6.02. The molecule has 1 aliphatic heterocycles. The van der Waals surface area contributed by atoms with Crippen molar-refractivity contribution in [3.05, 3.63) is 0 Å². The molecule has 1 aliphatic rings. The Bertz CT molecular complexity index is 66.6. The maximum atomic E-state index is 5.46. The van der Waals surface area contributed by atoms with Crippen LogP contribution >= 0.6 is 0 Å². The topological polar surface area (TPSA) is 21.3 Å². The molecule has 0 unspecified atom stereocenters. The molecule has 0 amide bonds. The van der Waals surface area contributed by atoms with Gasteiger partial charge in [0.25, 0.3) is 0 Å². The van der Waals surface area contributed by atoms with E-state index in [1.807, 2.05) is 7.05 Å². The van der Waals surface area contributed by atoms with Gasteiger partial charge in [-0.05, 0) is 26.3 Å². The summed E-state index contributed by atoms with van der Waals surface area (Å²) in [5, 5.41) is 3.11. The minimum atomic E-state index is 0.490. The summed E-state index contributed by atoms with van der Waals surface area (Å²) in [6, 6.07) is 0. The third-order valence-corrected chi connectivity index (χ3v) is 1.71. The molecule has 0 aromatic carbocycles. The number of nitrogens with one attached hydrogen (secondary N) is 1. The Kier molecular flexibility index (Phi) is 3.01. The van der Waals surface area contributed by atoms with Gasteiger partial charge in [-0.15, -0.1) is 0 Å². The summed E-state index contributed by atoms with van der Waals surface area (Å²) in [6.07, 6.45) is 4.32. The van der Waals surface area contributed by atoms with E-state index in [-0.39, 0.29) is 0 Å². The highest BCUT2D eigenvalue weighted by Crippen LogP contribution is 2.10. The lowest BCUT2D eigenvalue weighted by atomic mass is 10.1. The predicted octanol–water partition coefficient (Wildman–Crippen LogP) is 0.775. The van der Waals surface area contributed by atoms with E-state index in [1.54, 1.807) is 0 Å². The molecule has 54 valence electrons. The van der Waals surface area contributed by atoms with Crippen LogP contribution in [0.5, 0.6) is 0 Å². The second kappa shape index (κ2) is 3.85. The van der Waals surface area contributed by atoms with Crippen LogP contribution in [0, 0.1) is 0 Å². The van der Waals surface area contributed by atoms with Gasteiger partial charge in [0.2, 0.25) is 0 Å². The molecule has 1 rings (SSSR count). The number of hydrogen-bond donors (Lipinski definition) is 1. The van der Waals surface area contributed by atoms with Crippen LogP contribution in [0.1, 0.15) is 19.3 Å². The highest BCUT2D eigenvalue weighted by Gasteiger charge is 2.11. The van der Waals surface area contributed by atoms with Gasteiger partial charge in [-0.3, -0.25) is 0 Å². The average molecular weight is 129 g/mol. The van der Waals surface area contributed by atoms with Crippen molar-refractivity contribution in [1.82, 2.24) is 5.32 Å². The molecule has 1 saturated heterocycles. The molecule has 0 bridgehead atoms. The fourth-order valence-electron chi connectivity index (χ4n) is 1.20. The molecule has 2 nitrogen and oxygen atoms in total. The quantitative estimate of drug-likeness (QED) is 0.594. The molecule has 0 aliphatic carbocycles. The fourth-order valence-corrected chi connectivity index (χ4v) is 1.20. The minimum Gasteiger partial charge on any atom is -0.377 e. The van der Waals surface area contributed by atoms with Gasteiger partial charge in [0.1, 0.15) is 0 Å². The molecule has 1 heterocycles. The van der Waals surface area contributed by atoms with Crippen molar-refractivity contribution >= 4 is 0 Å². The van der Waals surface area contributed by atoms with Crippen LogP contribution < -0.4 is 5.32 Å². The second-order valence-corrected chi connectivity index (χ2v) is 2.55. The van der Waals surface area contributed by atoms with Crippen molar-refractivity contribution < 1.29 is 4.74 Å². The molecule has 0 spiro atoms. The molecule has 0 aromatic heterocycles. The van der Waals surface area contributed by atoms with Gasteiger partial charge in [-0.25, -0.2) is 0 Å². The first-order chi connectivity index (χ1) is 4.43. The Morgan fingerprint density at radius 2 is 2.44 bits per heavy atom. The van der Waals surface area contributed by atoms with E-state index in [2.05, 4.69) is 5.32 Å². The van der Waals surface area contributed by atoms with Crippen LogP contribution in [0.25, 0.3) is 0 Å². The third kappa shape index (κ3) is 2.33. The summed E-state index contributed by atoms with van der Waals surface area (Å²) < 4.78 is 5.46. The van der Waals surface area contributed by atoms with Gasteiger partial charge >= 0.3 is 0 Å². The largest absolute Gasteiger partial charge is 0.377 e. The number of hydrogen-bond acceptors (Lipinski definition) is 2. The molecule has 0 aromatic rings. The predicted molar refractivity (Wildman–Crippen MR) is 37.5 cm³/mol. The van der Waals surface area contributed by atoms with Gasteiger partial charge < -0.3 is 10.1 Å². The van der Waals surface area contributed by atoms with E-state index in [1.165, 1.54) is 19.3 Å². The molecule has 9 heavy (non-hydrogen) atoms.